The van der Waals surface area contributed by atoms with Gasteiger partial charge in [-0.05, 0) is 24.7 Å². The van der Waals surface area contributed by atoms with Crippen molar-refractivity contribution < 1.29 is 0 Å². The first-order valence-corrected chi connectivity index (χ1v) is 6.95. The molecule has 0 aliphatic carbocycles. The summed E-state index contributed by atoms with van der Waals surface area (Å²) in [6.45, 7) is 4.77. The predicted octanol–water partition coefficient (Wildman–Crippen LogP) is 2.24. The summed E-state index contributed by atoms with van der Waals surface area (Å²) in [6, 6.07) is 5.84. The van der Waals surface area contributed by atoms with Crippen LogP contribution in [0.2, 0.25) is 10.0 Å². The lowest BCUT2D eigenvalue weighted by molar-refractivity contribution is 0.114. The van der Waals surface area contributed by atoms with Crippen molar-refractivity contribution in [2.75, 3.05) is 39.8 Å². The second-order valence-corrected chi connectivity index (χ2v) is 5.60. The fraction of sp³-hybridized carbons (Fsp3) is 0.538. The average molecular weight is 288 g/mol. The van der Waals surface area contributed by atoms with Crippen molar-refractivity contribution in [2.45, 2.75) is 6.04 Å². The Labute approximate surface area is 118 Å². The third kappa shape index (κ3) is 3.16. The summed E-state index contributed by atoms with van der Waals surface area (Å²) >= 11 is 12.2. The van der Waals surface area contributed by atoms with Gasteiger partial charge in [0.25, 0.3) is 0 Å². The molecule has 0 amide bonds. The standard InChI is InChI=1S/C13H19Cl2N3/c1-17-4-6-18(7-5-17)13(9-16)11-3-2-10(14)8-12(11)15/h2-3,8,13H,4-7,9,16H2,1H3. The second kappa shape index (κ2) is 6.22. The zero-order chi connectivity index (χ0) is 13.1. The van der Waals surface area contributed by atoms with E-state index in [0.717, 1.165) is 31.7 Å². The van der Waals surface area contributed by atoms with E-state index in [-0.39, 0.29) is 6.04 Å². The van der Waals surface area contributed by atoms with Crippen LogP contribution in [-0.4, -0.2) is 49.6 Å². The van der Waals surface area contributed by atoms with Crippen molar-refractivity contribution in [3.05, 3.63) is 33.8 Å². The smallest absolute Gasteiger partial charge is 0.0486 e. The number of rotatable bonds is 3. The van der Waals surface area contributed by atoms with Gasteiger partial charge in [0.2, 0.25) is 0 Å². The molecule has 0 bridgehead atoms. The molecule has 0 radical (unpaired) electrons. The van der Waals surface area contributed by atoms with Gasteiger partial charge in [0.05, 0.1) is 0 Å². The highest BCUT2D eigenvalue weighted by Crippen LogP contribution is 2.29. The van der Waals surface area contributed by atoms with E-state index < -0.39 is 0 Å². The molecule has 5 heteroatoms. The molecule has 1 fully saturated rings. The zero-order valence-electron chi connectivity index (χ0n) is 10.6. The molecular weight excluding hydrogens is 269 g/mol. The van der Waals surface area contributed by atoms with Crippen molar-refractivity contribution >= 4 is 23.2 Å². The van der Waals surface area contributed by atoms with Gasteiger partial charge in [-0.25, -0.2) is 0 Å². The van der Waals surface area contributed by atoms with E-state index in [4.69, 9.17) is 28.9 Å². The van der Waals surface area contributed by atoms with Crippen LogP contribution in [0.5, 0.6) is 0 Å². The third-order valence-electron chi connectivity index (χ3n) is 3.52. The lowest BCUT2D eigenvalue weighted by Gasteiger charge is -2.38. The summed E-state index contributed by atoms with van der Waals surface area (Å²) in [5.41, 5.74) is 7.01. The summed E-state index contributed by atoms with van der Waals surface area (Å²) in [5, 5.41) is 1.37. The molecule has 1 atom stereocenters. The Kier molecular flexibility index (Phi) is 4.87. The SMILES string of the molecule is CN1CCN(C(CN)c2ccc(Cl)cc2Cl)CC1. The van der Waals surface area contributed by atoms with Gasteiger partial charge in [0, 0.05) is 48.8 Å². The molecule has 3 nitrogen and oxygen atoms in total. The number of likely N-dealkylation sites (N-methyl/N-ethyl adjacent to an activating group) is 1. The minimum Gasteiger partial charge on any atom is -0.329 e. The summed E-state index contributed by atoms with van der Waals surface area (Å²) in [7, 11) is 2.14. The van der Waals surface area contributed by atoms with Gasteiger partial charge < -0.3 is 10.6 Å². The number of halogens is 2. The number of hydrogen-bond donors (Lipinski definition) is 1. The molecular formula is C13H19Cl2N3. The lowest BCUT2D eigenvalue weighted by atomic mass is 10.0. The van der Waals surface area contributed by atoms with Gasteiger partial charge in [0.1, 0.15) is 0 Å². The molecule has 1 aromatic rings. The fourth-order valence-electron chi connectivity index (χ4n) is 2.38. The fourth-order valence-corrected chi connectivity index (χ4v) is 2.91. The molecule has 18 heavy (non-hydrogen) atoms. The Morgan fingerprint density at radius 2 is 1.89 bits per heavy atom. The maximum Gasteiger partial charge on any atom is 0.0486 e. The predicted molar refractivity (Wildman–Crippen MR) is 77.3 cm³/mol. The molecule has 0 aromatic heterocycles. The number of hydrogen-bond acceptors (Lipinski definition) is 3. The first kappa shape index (κ1) is 14.1. The molecule has 0 spiro atoms. The largest absolute Gasteiger partial charge is 0.329 e. The van der Waals surface area contributed by atoms with Crippen molar-refractivity contribution in [1.82, 2.24) is 9.80 Å². The molecule has 1 aliphatic rings. The maximum atomic E-state index is 6.27. The van der Waals surface area contributed by atoms with Gasteiger partial charge in [-0.2, -0.15) is 0 Å². The van der Waals surface area contributed by atoms with Gasteiger partial charge >= 0.3 is 0 Å². The van der Waals surface area contributed by atoms with Gasteiger partial charge in [-0.1, -0.05) is 29.3 Å². The minimum absolute atomic E-state index is 0.184. The minimum atomic E-state index is 0.184. The summed E-state index contributed by atoms with van der Waals surface area (Å²) in [5.74, 6) is 0. The first-order valence-electron chi connectivity index (χ1n) is 6.19. The third-order valence-corrected chi connectivity index (χ3v) is 4.09. The average Bonchev–Trinajstić information content (AvgIpc) is 2.35. The molecule has 1 unspecified atom stereocenters. The molecule has 1 heterocycles. The van der Waals surface area contributed by atoms with Crippen LogP contribution in [-0.2, 0) is 0 Å². The van der Waals surface area contributed by atoms with Crippen molar-refractivity contribution in [3.8, 4) is 0 Å². The van der Waals surface area contributed by atoms with E-state index in [9.17, 15) is 0 Å². The Morgan fingerprint density at radius 3 is 2.44 bits per heavy atom. The molecule has 1 aliphatic heterocycles. The van der Waals surface area contributed by atoms with Crippen LogP contribution in [0.25, 0.3) is 0 Å². The van der Waals surface area contributed by atoms with Crippen LogP contribution < -0.4 is 5.73 Å². The number of nitrogens with zero attached hydrogens (tertiary/aromatic N) is 2. The molecule has 1 aromatic carbocycles. The van der Waals surface area contributed by atoms with Crippen molar-refractivity contribution in [3.63, 3.8) is 0 Å². The lowest BCUT2D eigenvalue weighted by Crippen LogP contribution is -2.47. The number of benzene rings is 1. The Morgan fingerprint density at radius 1 is 1.22 bits per heavy atom. The summed E-state index contributed by atoms with van der Waals surface area (Å²) in [6.07, 6.45) is 0. The highest BCUT2D eigenvalue weighted by molar-refractivity contribution is 6.35. The number of piperazine rings is 1. The van der Waals surface area contributed by atoms with E-state index in [0.29, 0.717) is 16.6 Å². The van der Waals surface area contributed by atoms with E-state index in [2.05, 4.69) is 16.8 Å². The zero-order valence-corrected chi connectivity index (χ0v) is 12.1. The van der Waals surface area contributed by atoms with Crippen LogP contribution in [0.3, 0.4) is 0 Å². The molecule has 2 rings (SSSR count). The molecule has 1 saturated heterocycles. The van der Waals surface area contributed by atoms with Gasteiger partial charge in [-0.15, -0.1) is 0 Å². The topological polar surface area (TPSA) is 32.5 Å². The highest BCUT2D eigenvalue weighted by atomic mass is 35.5. The van der Waals surface area contributed by atoms with Crippen LogP contribution in [0, 0.1) is 0 Å². The van der Waals surface area contributed by atoms with Crippen LogP contribution in [0.1, 0.15) is 11.6 Å². The van der Waals surface area contributed by atoms with Crippen LogP contribution in [0.15, 0.2) is 18.2 Å². The quantitative estimate of drug-likeness (QED) is 0.926. The first-order chi connectivity index (χ1) is 8.61. The normalized spacial score (nSPS) is 20.0. The van der Waals surface area contributed by atoms with E-state index in [1.807, 2.05) is 12.1 Å². The van der Waals surface area contributed by atoms with Crippen molar-refractivity contribution in [1.29, 1.82) is 0 Å². The number of nitrogens with two attached hydrogens (primary N) is 1. The molecule has 100 valence electrons. The maximum absolute atomic E-state index is 6.27. The summed E-state index contributed by atoms with van der Waals surface area (Å²) < 4.78 is 0. The van der Waals surface area contributed by atoms with E-state index in [1.54, 1.807) is 6.07 Å². The van der Waals surface area contributed by atoms with Crippen molar-refractivity contribution in [2.24, 2.45) is 5.73 Å². The Hall–Kier alpha value is -0.320. The Balaban J connectivity index is 2.17. The monoisotopic (exact) mass is 287 g/mol. The van der Waals surface area contributed by atoms with Crippen LogP contribution in [0.4, 0.5) is 0 Å². The van der Waals surface area contributed by atoms with E-state index >= 15 is 0 Å². The summed E-state index contributed by atoms with van der Waals surface area (Å²) in [4.78, 5) is 4.72. The van der Waals surface area contributed by atoms with E-state index in [1.165, 1.54) is 0 Å². The van der Waals surface area contributed by atoms with Gasteiger partial charge in [-0.3, -0.25) is 4.90 Å². The molecule has 2 N–H and O–H groups in total. The Bertz CT molecular complexity index is 403. The van der Waals surface area contributed by atoms with Crippen LogP contribution >= 0.6 is 23.2 Å². The second-order valence-electron chi connectivity index (χ2n) is 4.76. The molecule has 0 saturated carbocycles. The highest BCUT2D eigenvalue weighted by Gasteiger charge is 2.24. The van der Waals surface area contributed by atoms with Gasteiger partial charge in [0.15, 0.2) is 0 Å².